The molecule has 0 amide bonds. The lowest BCUT2D eigenvalue weighted by molar-refractivity contribution is -0.137. The van der Waals surface area contributed by atoms with Crippen LogP contribution in [0.4, 0.5) is 4.39 Å². The van der Waals surface area contributed by atoms with E-state index < -0.39 is 17.9 Å². The average molecular weight is 424 g/mol. The van der Waals surface area contributed by atoms with Gasteiger partial charge in [0.05, 0.1) is 17.3 Å². The molecule has 29 heavy (non-hydrogen) atoms. The van der Waals surface area contributed by atoms with E-state index in [2.05, 4.69) is 0 Å². The fourth-order valence-electron chi connectivity index (χ4n) is 3.42. The number of aromatic hydroxyl groups is 2. The summed E-state index contributed by atoms with van der Waals surface area (Å²) in [6, 6.07) is 2.38. The van der Waals surface area contributed by atoms with E-state index in [4.69, 9.17) is 21.1 Å². The van der Waals surface area contributed by atoms with Crippen molar-refractivity contribution in [2.75, 3.05) is 6.61 Å². The van der Waals surface area contributed by atoms with E-state index in [1.54, 1.807) is 13.8 Å². The van der Waals surface area contributed by atoms with Gasteiger partial charge in [0.15, 0.2) is 0 Å². The van der Waals surface area contributed by atoms with Gasteiger partial charge in [0.1, 0.15) is 17.7 Å². The minimum atomic E-state index is -0.713. The maximum atomic E-state index is 14.7. The summed E-state index contributed by atoms with van der Waals surface area (Å²) >= 11 is 6.11. The largest absolute Gasteiger partial charge is 0.494 e. The highest BCUT2D eigenvalue weighted by Crippen LogP contribution is 2.42. The van der Waals surface area contributed by atoms with Crippen molar-refractivity contribution in [1.29, 1.82) is 0 Å². The first kappa shape index (κ1) is 21.0. The second-order valence-corrected chi connectivity index (χ2v) is 7.22. The predicted molar refractivity (Wildman–Crippen MR) is 107 cm³/mol. The molecular formula is C21H23ClFNO5. The van der Waals surface area contributed by atoms with Crippen LogP contribution < -0.4 is 4.74 Å². The summed E-state index contributed by atoms with van der Waals surface area (Å²) in [7, 11) is 0. The van der Waals surface area contributed by atoms with Crippen LogP contribution >= 0.6 is 11.6 Å². The fraction of sp³-hybridized carbons (Fsp3) is 0.381. The Balaban J connectivity index is 1.93. The van der Waals surface area contributed by atoms with Crippen LogP contribution in [0.25, 0.3) is 5.69 Å². The first-order valence-corrected chi connectivity index (χ1v) is 9.86. The quantitative estimate of drug-likeness (QED) is 0.530. The van der Waals surface area contributed by atoms with Gasteiger partial charge < -0.3 is 19.7 Å². The lowest BCUT2D eigenvalue weighted by Crippen LogP contribution is -2.11. The van der Waals surface area contributed by atoms with Gasteiger partial charge >= 0.3 is 5.97 Å². The van der Waals surface area contributed by atoms with E-state index in [0.29, 0.717) is 24.0 Å². The summed E-state index contributed by atoms with van der Waals surface area (Å²) < 4.78 is 26.2. The maximum Gasteiger partial charge on any atom is 0.330 e. The SMILES string of the molecule is CCOC(=O)C=CC(C)Oc1cc(-n2c(O)c3c(c2O)CCCC3)c(F)cc1Cl. The molecule has 0 spiro atoms. The minimum Gasteiger partial charge on any atom is -0.494 e. The summed E-state index contributed by atoms with van der Waals surface area (Å²) in [4.78, 5) is 11.4. The molecule has 0 saturated carbocycles. The number of halogens is 2. The highest BCUT2D eigenvalue weighted by molar-refractivity contribution is 6.32. The molecule has 1 heterocycles. The molecule has 1 aliphatic carbocycles. The van der Waals surface area contributed by atoms with Crippen molar-refractivity contribution in [3.05, 3.63) is 46.3 Å². The van der Waals surface area contributed by atoms with Crippen molar-refractivity contribution in [1.82, 2.24) is 4.57 Å². The molecule has 0 aliphatic heterocycles. The molecule has 2 aromatic rings. The molecular weight excluding hydrogens is 401 g/mol. The lowest BCUT2D eigenvalue weighted by atomic mass is 9.95. The Labute approximate surface area is 173 Å². The third-order valence-electron chi connectivity index (χ3n) is 4.78. The molecule has 3 rings (SSSR count). The highest BCUT2D eigenvalue weighted by Gasteiger charge is 2.27. The normalized spacial score (nSPS) is 14.6. The van der Waals surface area contributed by atoms with E-state index >= 15 is 0 Å². The van der Waals surface area contributed by atoms with Gasteiger partial charge in [0.25, 0.3) is 0 Å². The van der Waals surface area contributed by atoms with Gasteiger partial charge in [-0.15, -0.1) is 0 Å². The van der Waals surface area contributed by atoms with Crippen molar-refractivity contribution in [3.63, 3.8) is 0 Å². The second-order valence-electron chi connectivity index (χ2n) is 6.82. The number of rotatable bonds is 6. The van der Waals surface area contributed by atoms with Gasteiger partial charge in [0.2, 0.25) is 11.8 Å². The molecule has 6 nitrogen and oxygen atoms in total. The molecule has 156 valence electrons. The van der Waals surface area contributed by atoms with Crippen LogP contribution in [0.3, 0.4) is 0 Å². The van der Waals surface area contributed by atoms with Crippen LogP contribution in [0, 0.1) is 5.82 Å². The Morgan fingerprint density at radius 1 is 1.28 bits per heavy atom. The fourth-order valence-corrected chi connectivity index (χ4v) is 3.62. The summed E-state index contributed by atoms with van der Waals surface area (Å²) in [5.74, 6) is -1.43. The maximum absolute atomic E-state index is 14.7. The molecule has 1 unspecified atom stereocenters. The first-order valence-electron chi connectivity index (χ1n) is 9.48. The summed E-state index contributed by atoms with van der Waals surface area (Å²) in [6.07, 6.45) is 5.20. The van der Waals surface area contributed by atoms with Crippen molar-refractivity contribution in [2.45, 2.75) is 45.6 Å². The molecule has 1 aromatic heterocycles. The third kappa shape index (κ3) is 4.34. The Morgan fingerprint density at radius 2 is 1.90 bits per heavy atom. The minimum absolute atomic E-state index is 0.0264. The Hall–Kier alpha value is -2.67. The third-order valence-corrected chi connectivity index (χ3v) is 5.07. The van der Waals surface area contributed by atoms with E-state index in [1.165, 1.54) is 18.2 Å². The number of hydrogen-bond acceptors (Lipinski definition) is 5. The van der Waals surface area contributed by atoms with Gasteiger partial charge in [-0.2, -0.15) is 0 Å². The van der Waals surface area contributed by atoms with Crippen molar-refractivity contribution < 1.29 is 28.9 Å². The van der Waals surface area contributed by atoms with Crippen LogP contribution in [0.2, 0.25) is 5.02 Å². The number of ether oxygens (including phenoxy) is 2. The van der Waals surface area contributed by atoms with E-state index in [1.807, 2.05) is 0 Å². The van der Waals surface area contributed by atoms with Crippen LogP contribution in [0.15, 0.2) is 24.3 Å². The van der Waals surface area contributed by atoms with Crippen LogP contribution in [-0.4, -0.2) is 33.5 Å². The van der Waals surface area contributed by atoms with Crippen molar-refractivity contribution >= 4 is 17.6 Å². The smallest absolute Gasteiger partial charge is 0.330 e. The number of fused-ring (bicyclic) bond motifs is 1. The van der Waals surface area contributed by atoms with E-state index in [-0.39, 0.29) is 34.8 Å². The number of nitrogens with zero attached hydrogens (tertiary/aromatic N) is 1. The number of benzene rings is 1. The van der Waals surface area contributed by atoms with Gasteiger partial charge in [-0.3, -0.25) is 0 Å². The number of esters is 1. The molecule has 0 fully saturated rings. The van der Waals surface area contributed by atoms with Crippen molar-refractivity contribution in [2.24, 2.45) is 0 Å². The molecule has 1 aromatic carbocycles. The average Bonchev–Trinajstić information content (AvgIpc) is 2.94. The predicted octanol–water partition coefficient (Wildman–Crippen LogP) is 4.45. The topological polar surface area (TPSA) is 80.9 Å². The molecule has 0 bridgehead atoms. The molecule has 1 aliphatic rings. The molecule has 8 heteroatoms. The number of hydrogen-bond donors (Lipinski definition) is 2. The molecule has 0 radical (unpaired) electrons. The summed E-state index contributed by atoms with van der Waals surface area (Å²) in [6.45, 7) is 3.65. The zero-order valence-electron chi connectivity index (χ0n) is 16.2. The van der Waals surface area contributed by atoms with Gasteiger partial charge in [0, 0.05) is 23.3 Å². The highest BCUT2D eigenvalue weighted by atomic mass is 35.5. The molecule has 2 N–H and O–H groups in total. The number of carbonyl (C=O) groups excluding carboxylic acids is 1. The zero-order chi connectivity index (χ0) is 21.1. The van der Waals surface area contributed by atoms with Crippen molar-refractivity contribution in [3.8, 4) is 23.2 Å². The lowest BCUT2D eigenvalue weighted by Gasteiger charge is -2.15. The van der Waals surface area contributed by atoms with Crippen LogP contribution in [0.5, 0.6) is 17.5 Å². The second kappa shape index (κ2) is 8.78. The van der Waals surface area contributed by atoms with Crippen LogP contribution in [0.1, 0.15) is 37.8 Å². The number of aromatic nitrogens is 1. The molecule has 0 saturated heterocycles. The molecule has 1 atom stereocenters. The summed E-state index contributed by atoms with van der Waals surface area (Å²) in [5, 5.41) is 21.2. The van der Waals surface area contributed by atoms with Gasteiger partial charge in [-0.05, 0) is 51.7 Å². The van der Waals surface area contributed by atoms with E-state index in [0.717, 1.165) is 23.5 Å². The van der Waals surface area contributed by atoms with Gasteiger partial charge in [-0.25, -0.2) is 13.8 Å². The first-order chi connectivity index (χ1) is 13.8. The Morgan fingerprint density at radius 3 is 2.48 bits per heavy atom. The van der Waals surface area contributed by atoms with Gasteiger partial charge in [-0.1, -0.05) is 11.6 Å². The monoisotopic (exact) mass is 423 g/mol. The zero-order valence-corrected chi connectivity index (χ0v) is 17.0. The number of carbonyl (C=O) groups is 1. The Kier molecular flexibility index (Phi) is 6.37. The summed E-state index contributed by atoms with van der Waals surface area (Å²) in [5.41, 5.74) is 1.20. The Bertz CT molecular complexity index is 924. The standard InChI is InChI=1S/C21H23ClFNO5/c1-3-28-19(25)9-8-12(2)29-18-11-17(16(23)10-15(18)22)24-20(26)13-6-4-5-7-14(13)21(24)27/h8-12,26-27H,3-7H2,1-2H3. The van der Waals surface area contributed by atoms with Crippen LogP contribution in [-0.2, 0) is 22.4 Å². The van der Waals surface area contributed by atoms with E-state index in [9.17, 15) is 19.4 Å².